The summed E-state index contributed by atoms with van der Waals surface area (Å²) in [5.41, 5.74) is -0.198. The fraction of sp³-hybridized carbons (Fsp3) is 0.238. The summed E-state index contributed by atoms with van der Waals surface area (Å²) in [5, 5.41) is 0.592. The molecule has 168 valence electrons. The second-order valence-corrected chi connectivity index (χ2v) is 9.54. The number of benzene rings is 2. The number of para-hydroxylation sites is 1. The van der Waals surface area contributed by atoms with Gasteiger partial charge in [0.1, 0.15) is 10.6 Å². The summed E-state index contributed by atoms with van der Waals surface area (Å²) in [6, 6.07) is 12.9. The predicted molar refractivity (Wildman–Crippen MR) is 113 cm³/mol. The van der Waals surface area contributed by atoms with Gasteiger partial charge in [0.15, 0.2) is 0 Å². The average Bonchev–Trinajstić information content (AvgIpc) is 2.77. The summed E-state index contributed by atoms with van der Waals surface area (Å²) < 4.78 is 66.0. The van der Waals surface area contributed by atoms with Crippen molar-refractivity contribution in [2.75, 3.05) is 26.2 Å². The molecule has 0 N–H and O–H groups in total. The minimum Gasteiger partial charge on any atom is -0.335 e. The lowest BCUT2D eigenvalue weighted by molar-refractivity contribution is -0.137. The van der Waals surface area contributed by atoms with Crippen molar-refractivity contribution < 1.29 is 26.4 Å². The Kier molecular flexibility index (Phi) is 5.87. The third-order valence-electron chi connectivity index (χ3n) is 5.22. The van der Waals surface area contributed by atoms with Crippen LogP contribution in [0.1, 0.15) is 16.1 Å². The topological polar surface area (TPSA) is 70.6 Å². The minimum absolute atomic E-state index is 0.0726. The van der Waals surface area contributed by atoms with Crippen LogP contribution in [0.15, 0.2) is 59.5 Å². The number of hydrogen-bond acceptors (Lipinski definition) is 4. The number of rotatable bonds is 3. The van der Waals surface area contributed by atoms with Crippen LogP contribution in [0, 0.1) is 0 Å². The van der Waals surface area contributed by atoms with Gasteiger partial charge < -0.3 is 4.90 Å². The highest BCUT2D eigenvalue weighted by Crippen LogP contribution is 2.34. The highest BCUT2D eigenvalue weighted by atomic mass is 35.5. The van der Waals surface area contributed by atoms with Gasteiger partial charge >= 0.3 is 6.18 Å². The van der Waals surface area contributed by atoms with Crippen molar-refractivity contribution in [2.45, 2.75) is 11.1 Å². The molecule has 4 rings (SSSR count). The van der Waals surface area contributed by atoms with Crippen molar-refractivity contribution in [3.63, 3.8) is 0 Å². The standard InChI is InChI=1S/C21H17ClF3N3O3S/c22-16-7-6-15(21(23,24)25)13-19(16)32(30,31)28-11-9-27(10-12-28)20(29)18-8-5-14-3-1-2-4-17(14)26-18/h1-8,13H,9-12H2. The maximum Gasteiger partial charge on any atom is 0.416 e. The van der Waals surface area contributed by atoms with E-state index in [-0.39, 0.29) is 42.8 Å². The lowest BCUT2D eigenvalue weighted by atomic mass is 10.2. The van der Waals surface area contributed by atoms with Gasteiger partial charge in [0.05, 0.1) is 16.1 Å². The van der Waals surface area contributed by atoms with E-state index in [4.69, 9.17) is 11.6 Å². The van der Waals surface area contributed by atoms with Crippen LogP contribution >= 0.6 is 11.6 Å². The van der Waals surface area contributed by atoms with Crippen LogP contribution < -0.4 is 0 Å². The molecule has 1 fully saturated rings. The largest absolute Gasteiger partial charge is 0.416 e. The molecule has 1 aliphatic heterocycles. The van der Waals surface area contributed by atoms with E-state index >= 15 is 0 Å². The average molecular weight is 484 g/mol. The number of fused-ring (bicyclic) bond motifs is 1. The van der Waals surface area contributed by atoms with Crippen molar-refractivity contribution >= 4 is 38.4 Å². The molecule has 0 saturated carbocycles. The van der Waals surface area contributed by atoms with Crippen LogP contribution in [-0.2, 0) is 16.2 Å². The van der Waals surface area contributed by atoms with E-state index in [1.165, 1.54) is 4.90 Å². The quantitative estimate of drug-likeness (QED) is 0.563. The third kappa shape index (κ3) is 4.30. The second-order valence-electron chi connectivity index (χ2n) is 7.23. The van der Waals surface area contributed by atoms with Crippen molar-refractivity contribution in [3.05, 3.63) is 70.9 Å². The molecule has 2 aromatic carbocycles. The first-order valence-electron chi connectivity index (χ1n) is 9.59. The normalized spacial score (nSPS) is 15.8. The van der Waals surface area contributed by atoms with E-state index in [0.29, 0.717) is 11.6 Å². The summed E-state index contributed by atoms with van der Waals surface area (Å²) in [6.45, 7) is -0.00520. The molecule has 0 spiro atoms. The summed E-state index contributed by atoms with van der Waals surface area (Å²) in [6.07, 6.45) is -4.70. The molecule has 32 heavy (non-hydrogen) atoms. The molecule has 1 aromatic heterocycles. The molecule has 1 amide bonds. The minimum atomic E-state index is -4.70. The Morgan fingerprint density at radius 3 is 2.34 bits per heavy atom. The van der Waals surface area contributed by atoms with Gasteiger partial charge in [-0.2, -0.15) is 17.5 Å². The number of nitrogens with zero attached hydrogens (tertiary/aromatic N) is 3. The van der Waals surface area contributed by atoms with Gasteiger partial charge in [0.25, 0.3) is 5.91 Å². The summed E-state index contributed by atoms with van der Waals surface area (Å²) in [5.74, 6) is -0.343. The van der Waals surface area contributed by atoms with Gasteiger partial charge in [-0.15, -0.1) is 0 Å². The van der Waals surface area contributed by atoms with E-state index in [2.05, 4.69) is 4.98 Å². The van der Waals surface area contributed by atoms with Crippen molar-refractivity contribution in [1.29, 1.82) is 0 Å². The van der Waals surface area contributed by atoms with Crippen LogP contribution in [0.25, 0.3) is 10.9 Å². The van der Waals surface area contributed by atoms with Gasteiger partial charge in [0.2, 0.25) is 10.0 Å². The number of pyridine rings is 1. The third-order valence-corrected chi connectivity index (χ3v) is 7.60. The van der Waals surface area contributed by atoms with Crippen LogP contribution in [0.3, 0.4) is 0 Å². The molecule has 0 radical (unpaired) electrons. The zero-order valence-electron chi connectivity index (χ0n) is 16.5. The van der Waals surface area contributed by atoms with E-state index in [1.807, 2.05) is 18.2 Å². The van der Waals surface area contributed by atoms with E-state index in [1.54, 1.807) is 18.2 Å². The Morgan fingerprint density at radius 2 is 1.66 bits per heavy atom. The Hall–Kier alpha value is -2.69. The van der Waals surface area contributed by atoms with Gasteiger partial charge in [0, 0.05) is 31.6 Å². The number of alkyl halides is 3. The number of amides is 1. The molecule has 11 heteroatoms. The van der Waals surface area contributed by atoms with Crippen LogP contribution in [0.2, 0.25) is 5.02 Å². The van der Waals surface area contributed by atoms with Crippen LogP contribution in [0.5, 0.6) is 0 Å². The number of sulfonamides is 1. The van der Waals surface area contributed by atoms with Crippen LogP contribution in [-0.4, -0.2) is 54.7 Å². The van der Waals surface area contributed by atoms with Gasteiger partial charge in [-0.25, -0.2) is 13.4 Å². The van der Waals surface area contributed by atoms with Crippen LogP contribution in [0.4, 0.5) is 13.2 Å². The maximum atomic E-state index is 13.0. The molecular formula is C21H17ClF3N3O3S. The van der Waals surface area contributed by atoms with Gasteiger partial charge in [-0.05, 0) is 30.3 Å². The number of piperazine rings is 1. The number of halogens is 4. The molecular weight excluding hydrogens is 467 g/mol. The molecule has 6 nitrogen and oxygen atoms in total. The summed E-state index contributed by atoms with van der Waals surface area (Å²) in [4.78, 5) is 18.1. The van der Waals surface area contributed by atoms with E-state index < -0.39 is 26.7 Å². The molecule has 0 unspecified atom stereocenters. The second kappa shape index (κ2) is 8.34. The molecule has 3 aromatic rings. The first-order chi connectivity index (χ1) is 15.1. The van der Waals surface area contributed by atoms with Crippen molar-refractivity contribution in [3.8, 4) is 0 Å². The first-order valence-corrected chi connectivity index (χ1v) is 11.4. The fourth-order valence-electron chi connectivity index (χ4n) is 3.50. The summed E-state index contributed by atoms with van der Waals surface area (Å²) in [7, 11) is -4.27. The molecule has 1 saturated heterocycles. The molecule has 0 aliphatic carbocycles. The summed E-state index contributed by atoms with van der Waals surface area (Å²) >= 11 is 5.91. The van der Waals surface area contributed by atoms with E-state index in [0.717, 1.165) is 21.8 Å². The lowest BCUT2D eigenvalue weighted by Gasteiger charge is -2.34. The van der Waals surface area contributed by atoms with Crippen molar-refractivity contribution in [1.82, 2.24) is 14.2 Å². The van der Waals surface area contributed by atoms with E-state index in [9.17, 15) is 26.4 Å². The Morgan fingerprint density at radius 1 is 0.969 bits per heavy atom. The number of carbonyl (C=O) groups is 1. The Balaban J connectivity index is 1.51. The Bertz CT molecular complexity index is 1290. The lowest BCUT2D eigenvalue weighted by Crippen LogP contribution is -2.50. The fourth-order valence-corrected chi connectivity index (χ4v) is 5.42. The highest BCUT2D eigenvalue weighted by molar-refractivity contribution is 7.89. The zero-order chi connectivity index (χ0) is 23.1. The SMILES string of the molecule is O=C(c1ccc2ccccc2n1)N1CCN(S(=O)(=O)c2cc(C(F)(F)F)ccc2Cl)CC1. The first kappa shape index (κ1) is 22.5. The highest BCUT2D eigenvalue weighted by Gasteiger charge is 2.36. The molecule has 0 atom stereocenters. The zero-order valence-corrected chi connectivity index (χ0v) is 18.1. The molecule has 2 heterocycles. The smallest absolute Gasteiger partial charge is 0.335 e. The van der Waals surface area contributed by atoms with Crippen molar-refractivity contribution in [2.24, 2.45) is 0 Å². The maximum absolute atomic E-state index is 13.0. The number of aromatic nitrogens is 1. The molecule has 0 bridgehead atoms. The van der Waals surface area contributed by atoms with Gasteiger partial charge in [-0.3, -0.25) is 4.79 Å². The molecule has 1 aliphatic rings. The van der Waals surface area contributed by atoms with Gasteiger partial charge in [-0.1, -0.05) is 35.9 Å². The number of hydrogen-bond donors (Lipinski definition) is 0. The predicted octanol–water partition coefficient (Wildman–Crippen LogP) is 4.05. The Labute approximate surface area is 187 Å². The monoisotopic (exact) mass is 483 g/mol. The number of carbonyl (C=O) groups excluding carboxylic acids is 1.